The molecule has 140 valence electrons. The average molecular weight is 382 g/mol. The molecule has 1 unspecified atom stereocenters. The quantitative estimate of drug-likeness (QED) is 0.632. The summed E-state index contributed by atoms with van der Waals surface area (Å²) in [4.78, 5) is 20.0. The van der Waals surface area contributed by atoms with Crippen LogP contribution in [0.5, 0.6) is 0 Å². The van der Waals surface area contributed by atoms with E-state index in [9.17, 15) is 4.79 Å². The van der Waals surface area contributed by atoms with Gasteiger partial charge in [-0.05, 0) is 24.6 Å². The summed E-state index contributed by atoms with van der Waals surface area (Å²) >= 11 is 1.54. The molecule has 4 rings (SSSR count). The van der Waals surface area contributed by atoms with Crippen molar-refractivity contribution in [1.29, 1.82) is 0 Å². The molecule has 1 aliphatic heterocycles. The first kappa shape index (κ1) is 18.1. The highest BCUT2D eigenvalue weighted by atomic mass is 32.2. The Kier molecular flexibility index (Phi) is 5.45. The number of aromatic nitrogens is 2. The van der Waals surface area contributed by atoms with E-state index in [1.54, 1.807) is 11.8 Å². The number of ether oxygens (including phenoxy) is 1. The van der Waals surface area contributed by atoms with Gasteiger partial charge in [0.25, 0.3) is 0 Å². The van der Waals surface area contributed by atoms with Crippen molar-refractivity contribution >= 4 is 28.7 Å². The third-order valence-corrected chi connectivity index (χ3v) is 6.04. The Labute approximate surface area is 163 Å². The average Bonchev–Trinajstić information content (AvgIpc) is 3.10. The number of imidazole rings is 1. The number of amides is 1. The summed E-state index contributed by atoms with van der Waals surface area (Å²) in [7, 11) is 0. The first-order valence-corrected chi connectivity index (χ1v) is 10.2. The largest absolute Gasteiger partial charge is 0.378 e. The van der Waals surface area contributed by atoms with E-state index in [-0.39, 0.29) is 11.2 Å². The second-order valence-corrected chi connectivity index (χ2v) is 7.55. The molecule has 0 spiro atoms. The minimum atomic E-state index is -0.314. The minimum Gasteiger partial charge on any atom is -0.378 e. The maximum absolute atomic E-state index is 13.3. The maximum atomic E-state index is 13.3. The molecule has 1 amide bonds. The van der Waals surface area contributed by atoms with Gasteiger partial charge in [0.2, 0.25) is 5.91 Å². The second kappa shape index (κ2) is 8.15. The number of carbonyl (C=O) groups is 1. The molecular weight excluding hydrogens is 358 g/mol. The summed E-state index contributed by atoms with van der Waals surface area (Å²) in [6, 6.07) is 18.1. The van der Waals surface area contributed by atoms with Crippen LogP contribution in [-0.4, -0.2) is 46.7 Å². The molecule has 3 aromatic rings. The van der Waals surface area contributed by atoms with Crippen LogP contribution in [0.2, 0.25) is 0 Å². The molecule has 0 N–H and O–H groups in total. The summed E-state index contributed by atoms with van der Waals surface area (Å²) in [5.41, 5.74) is 3.08. The van der Waals surface area contributed by atoms with E-state index in [1.807, 2.05) is 53.4 Å². The standard InChI is InChI=1S/C21H23N3O2S/c1-2-24-18-11-7-6-10-17(18)22-21(24)27-19(16-8-4-3-5-9-16)20(25)23-12-14-26-15-13-23/h3-11,19H,2,12-15H2,1H3. The smallest absolute Gasteiger partial charge is 0.240 e. The highest BCUT2D eigenvalue weighted by molar-refractivity contribution is 8.00. The van der Waals surface area contributed by atoms with Gasteiger partial charge < -0.3 is 14.2 Å². The molecule has 27 heavy (non-hydrogen) atoms. The van der Waals surface area contributed by atoms with Crippen molar-refractivity contribution in [2.24, 2.45) is 0 Å². The van der Waals surface area contributed by atoms with Crippen LogP contribution in [0.3, 0.4) is 0 Å². The Hall–Kier alpha value is -2.31. The summed E-state index contributed by atoms with van der Waals surface area (Å²) in [6.45, 7) is 5.42. The SMILES string of the molecule is CCn1c(SC(C(=O)N2CCOCC2)c2ccccc2)nc2ccccc21. The number of fused-ring (bicyclic) bond motifs is 1. The van der Waals surface area contributed by atoms with E-state index in [2.05, 4.69) is 17.6 Å². The number of thioether (sulfide) groups is 1. The van der Waals surface area contributed by atoms with Crippen LogP contribution in [0.25, 0.3) is 11.0 Å². The third kappa shape index (κ3) is 3.73. The second-order valence-electron chi connectivity index (χ2n) is 6.47. The number of hydrogen-bond donors (Lipinski definition) is 0. The molecule has 1 fully saturated rings. The van der Waals surface area contributed by atoms with Gasteiger partial charge in [-0.3, -0.25) is 4.79 Å². The number of morpholine rings is 1. The molecule has 2 aromatic carbocycles. The lowest BCUT2D eigenvalue weighted by Crippen LogP contribution is -2.42. The lowest BCUT2D eigenvalue weighted by Gasteiger charge is -2.30. The van der Waals surface area contributed by atoms with E-state index < -0.39 is 0 Å². The minimum absolute atomic E-state index is 0.129. The zero-order chi connectivity index (χ0) is 18.6. The van der Waals surface area contributed by atoms with Gasteiger partial charge in [-0.1, -0.05) is 54.2 Å². The van der Waals surface area contributed by atoms with Gasteiger partial charge in [-0.2, -0.15) is 0 Å². The van der Waals surface area contributed by atoms with Gasteiger partial charge in [-0.15, -0.1) is 0 Å². The van der Waals surface area contributed by atoms with Crippen molar-refractivity contribution in [2.75, 3.05) is 26.3 Å². The number of rotatable bonds is 5. The van der Waals surface area contributed by atoms with Crippen molar-refractivity contribution in [3.05, 3.63) is 60.2 Å². The number of benzene rings is 2. The normalized spacial score (nSPS) is 15.8. The number of hydrogen-bond acceptors (Lipinski definition) is 4. The molecule has 1 aliphatic rings. The number of nitrogens with zero attached hydrogens (tertiary/aromatic N) is 3. The van der Waals surface area contributed by atoms with Gasteiger partial charge in [0.1, 0.15) is 5.25 Å². The monoisotopic (exact) mass is 381 g/mol. The Bertz CT molecular complexity index is 920. The van der Waals surface area contributed by atoms with Gasteiger partial charge in [-0.25, -0.2) is 4.98 Å². The molecule has 1 aromatic heterocycles. The predicted molar refractivity (Wildman–Crippen MR) is 108 cm³/mol. The van der Waals surface area contributed by atoms with E-state index in [0.29, 0.717) is 26.3 Å². The predicted octanol–water partition coefficient (Wildman–Crippen LogP) is 3.75. The zero-order valence-corrected chi connectivity index (χ0v) is 16.2. The first-order valence-electron chi connectivity index (χ1n) is 9.31. The molecular formula is C21H23N3O2S. The highest BCUT2D eigenvalue weighted by Gasteiger charge is 2.29. The van der Waals surface area contributed by atoms with Crippen LogP contribution >= 0.6 is 11.8 Å². The molecule has 0 aliphatic carbocycles. The summed E-state index contributed by atoms with van der Waals surface area (Å²) < 4.78 is 7.60. The van der Waals surface area contributed by atoms with Gasteiger partial charge in [0, 0.05) is 19.6 Å². The zero-order valence-electron chi connectivity index (χ0n) is 15.4. The maximum Gasteiger partial charge on any atom is 0.240 e. The number of carbonyl (C=O) groups excluding carboxylic acids is 1. The van der Waals surface area contributed by atoms with Crippen molar-refractivity contribution in [1.82, 2.24) is 14.5 Å². The molecule has 2 heterocycles. The lowest BCUT2D eigenvalue weighted by molar-refractivity contribution is -0.134. The first-order chi connectivity index (χ1) is 13.3. The third-order valence-electron chi connectivity index (χ3n) is 4.81. The molecule has 6 heteroatoms. The summed E-state index contributed by atoms with van der Waals surface area (Å²) in [6.07, 6.45) is 0. The molecule has 5 nitrogen and oxygen atoms in total. The van der Waals surface area contributed by atoms with Crippen LogP contribution in [-0.2, 0) is 16.1 Å². The van der Waals surface area contributed by atoms with Gasteiger partial charge in [0.05, 0.1) is 24.2 Å². The van der Waals surface area contributed by atoms with Crippen molar-refractivity contribution in [3.8, 4) is 0 Å². The number of aryl methyl sites for hydroxylation is 1. The highest BCUT2D eigenvalue weighted by Crippen LogP contribution is 2.37. The fourth-order valence-corrected chi connectivity index (χ4v) is 4.65. The van der Waals surface area contributed by atoms with Gasteiger partial charge in [0.15, 0.2) is 5.16 Å². The molecule has 1 atom stereocenters. The number of para-hydroxylation sites is 2. The molecule has 1 saturated heterocycles. The summed E-state index contributed by atoms with van der Waals surface area (Å²) in [5.74, 6) is 0.129. The van der Waals surface area contributed by atoms with Gasteiger partial charge >= 0.3 is 0 Å². The Morgan fingerprint density at radius 1 is 1.11 bits per heavy atom. The van der Waals surface area contributed by atoms with Crippen molar-refractivity contribution < 1.29 is 9.53 Å². The van der Waals surface area contributed by atoms with E-state index in [0.717, 1.165) is 28.3 Å². The van der Waals surface area contributed by atoms with Crippen LogP contribution < -0.4 is 0 Å². The topological polar surface area (TPSA) is 47.4 Å². The van der Waals surface area contributed by atoms with E-state index in [1.165, 1.54) is 0 Å². The van der Waals surface area contributed by atoms with Crippen molar-refractivity contribution in [2.45, 2.75) is 23.9 Å². The van der Waals surface area contributed by atoms with Crippen LogP contribution in [0.1, 0.15) is 17.7 Å². The molecule has 0 saturated carbocycles. The van der Waals surface area contributed by atoms with Crippen LogP contribution in [0.4, 0.5) is 0 Å². The summed E-state index contributed by atoms with van der Waals surface area (Å²) in [5, 5.41) is 0.570. The fourth-order valence-electron chi connectivity index (χ4n) is 3.39. The fraction of sp³-hybridized carbons (Fsp3) is 0.333. The lowest BCUT2D eigenvalue weighted by atomic mass is 10.1. The molecule has 0 radical (unpaired) electrons. The van der Waals surface area contributed by atoms with Crippen molar-refractivity contribution in [3.63, 3.8) is 0 Å². The Morgan fingerprint density at radius 2 is 1.81 bits per heavy atom. The van der Waals surface area contributed by atoms with E-state index in [4.69, 9.17) is 9.72 Å². The van der Waals surface area contributed by atoms with E-state index >= 15 is 0 Å². The Balaban J connectivity index is 1.70. The molecule has 0 bridgehead atoms. The van der Waals surface area contributed by atoms with Crippen LogP contribution in [0, 0.1) is 0 Å². The van der Waals surface area contributed by atoms with Crippen LogP contribution in [0.15, 0.2) is 59.8 Å². The Morgan fingerprint density at radius 3 is 2.56 bits per heavy atom.